The second kappa shape index (κ2) is 5.45. The van der Waals surface area contributed by atoms with Gasteiger partial charge in [-0.15, -0.1) is 0 Å². The highest BCUT2D eigenvalue weighted by Crippen LogP contribution is 2.26. The molecule has 4 heteroatoms. The molecule has 1 aliphatic carbocycles. The Kier molecular flexibility index (Phi) is 3.69. The molecule has 1 aliphatic heterocycles. The van der Waals surface area contributed by atoms with Crippen LogP contribution in [-0.2, 0) is 6.54 Å². The Morgan fingerprint density at radius 3 is 2.84 bits per heavy atom. The van der Waals surface area contributed by atoms with Crippen LogP contribution in [0.25, 0.3) is 0 Å². The average Bonchev–Trinajstić information content (AvgIpc) is 3.24. The molecule has 1 aromatic rings. The fourth-order valence-corrected chi connectivity index (χ4v) is 2.76. The Balaban J connectivity index is 1.69. The molecule has 2 fully saturated rings. The van der Waals surface area contributed by atoms with Crippen LogP contribution in [0.4, 0.5) is 5.82 Å². The maximum Gasteiger partial charge on any atom is 0.147 e. The predicted molar refractivity (Wildman–Crippen MR) is 77.1 cm³/mol. The van der Waals surface area contributed by atoms with Gasteiger partial charge >= 0.3 is 0 Å². The van der Waals surface area contributed by atoms with Crippen LogP contribution in [0, 0.1) is 5.92 Å². The fourth-order valence-electron chi connectivity index (χ4n) is 2.76. The largest absolute Gasteiger partial charge is 0.352 e. The summed E-state index contributed by atoms with van der Waals surface area (Å²) in [5.74, 6) is 1.81. The summed E-state index contributed by atoms with van der Waals surface area (Å²) in [4.78, 5) is 11.6. The molecule has 0 radical (unpaired) electrons. The molecular formula is C15H24N4. The topological polar surface area (TPSA) is 41.1 Å². The van der Waals surface area contributed by atoms with Gasteiger partial charge in [-0.3, -0.25) is 4.98 Å². The van der Waals surface area contributed by atoms with E-state index in [9.17, 15) is 0 Å². The normalized spacial score (nSPS) is 27.6. The van der Waals surface area contributed by atoms with Gasteiger partial charge in [-0.05, 0) is 38.5 Å². The molecule has 1 saturated carbocycles. The number of anilines is 1. The van der Waals surface area contributed by atoms with E-state index >= 15 is 0 Å². The van der Waals surface area contributed by atoms with E-state index < -0.39 is 0 Å². The number of hydrogen-bond acceptors (Lipinski definition) is 4. The van der Waals surface area contributed by atoms with Gasteiger partial charge in [-0.1, -0.05) is 6.92 Å². The highest BCUT2D eigenvalue weighted by Gasteiger charge is 2.24. The van der Waals surface area contributed by atoms with Crippen molar-refractivity contribution in [2.24, 2.45) is 5.92 Å². The Hall–Kier alpha value is -1.16. The van der Waals surface area contributed by atoms with Gasteiger partial charge in [0, 0.05) is 31.4 Å². The first-order valence-corrected chi connectivity index (χ1v) is 7.53. The van der Waals surface area contributed by atoms with E-state index in [4.69, 9.17) is 4.98 Å². The first kappa shape index (κ1) is 12.9. The van der Waals surface area contributed by atoms with Crippen molar-refractivity contribution in [2.75, 3.05) is 11.4 Å². The van der Waals surface area contributed by atoms with Crippen molar-refractivity contribution in [3.8, 4) is 0 Å². The van der Waals surface area contributed by atoms with E-state index in [-0.39, 0.29) is 0 Å². The lowest BCUT2D eigenvalue weighted by molar-refractivity contribution is 0.387. The van der Waals surface area contributed by atoms with Crippen molar-refractivity contribution in [1.29, 1.82) is 0 Å². The van der Waals surface area contributed by atoms with Gasteiger partial charge in [0.25, 0.3) is 0 Å². The van der Waals surface area contributed by atoms with Crippen molar-refractivity contribution in [2.45, 2.75) is 58.2 Å². The molecule has 1 aromatic heterocycles. The summed E-state index contributed by atoms with van der Waals surface area (Å²) in [6.45, 7) is 6.58. The van der Waals surface area contributed by atoms with E-state index in [0.717, 1.165) is 36.6 Å². The van der Waals surface area contributed by atoms with E-state index in [1.54, 1.807) is 0 Å². The summed E-state index contributed by atoms with van der Waals surface area (Å²) in [5, 5.41) is 3.50. The molecule has 2 atom stereocenters. The van der Waals surface area contributed by atoms with Crippen LogP contribution in [0.1, 0.15) is 45.2 Å². The Morgan fingerprint density at radius 1 is 1.21 bits per heavy atom. The van der Waals surface area contributed by atoms with Gasteiger partial charge in [0.1, 0.15) is 5.82 Å². The summed E-state index contributed by atoms with van der Waals surface area (Å²) in [7, 11) is 0. The van der Waals surface area contributed by atoms with Crippen LogP contribution >= 0.6 is 0 Å². The van der Waals surface area contributed by atoms with Gasteiger partial charge in [0.15, 0.2) is 0 Å². The Labute approximate surface area is 115 Å². The molecule has 3 rings (SSSR count). The first-order chi connectivity index (χ1) is 9.22. The Morgan fingerprint density at radius 2 is 2.05 bits per heavy atom. The molecule has 0 amide bonds. The van der Waals surface area contributed by atoms with Crippen molar-refractivity contribution < 1.29 is 0 Å². The third-order valence-electron chi connectivity index (χ3n) is 4.23. The lowest BCUT2D eigenvalue weighted by atomic mass is 9.95. The molecule has 4 nitrogen and oxygen atoms in total. The number of nitrogens with zero attached hydrogens (tertiary/aromatic N) is 3. The molecule has 0 aromatic carbocycles. The number of aromatic nitrogens is 2. The van der Waals surface area contributed by atoms with E-state index in [1.807, 2.05) is 12.4 Å². The minimum Gasteiger partial charge on any atom is -0.352 e. The monoisotopic (exact) mass is 260 g/mol. The van der Waals surface area contributed by atoms with Crippen LogP contribution < -0.4 is 10.2 Å². The molecule has 19 heavy (non-hydrogen) atoms. The molecule has 104 valence electrons. The zero-order valence-corrected chi connectivity index (χ0v) is 12.0. The second-order valence-corrected chi connectivity index (χ2v) is 6.21. The molecule has 0 spiro atoms. The quantitative estimate of drug-likeness (QED) is 0.902. The van der Waals surface area contributed by atoms with Crippen molar-refractivity contribution >= 4 is 5.82 Å². The lowest BCUT2D eigenvalue weighted by Crippen LogP contribution is -2.41. The third kappa shape index (κ3) is 3.24. The van der Waals surface area contributed by atoms with Gasteiger partial charge < -0.3 is 10.2 Å². The van der Waals surface area contributed by atoms with Crippen LogP contribution in [0.15, 0.2) is 12.4 Å². The number of nitrogens with one attached hydrogen (secondary N) is 1. The summed E-state index contributed by atoms with van der Waals surface area (Å²) in [6.07, 6.45) is 9.01. The van der Waals surface area contributed by atoms with Crippen molar-refractivity contribution in [3.05, 3.63) is 18.1 Å². The van der Waals surface area contributed by atoms with Crippen LogP contribution in [0.3, 0.4) is 0 Å². The average molecular weight is 260 g/mol. The van der Waals surface area contributed by atoms with Gasteiger partial charge in [-0.25, -0.2) is 4.98 Å². The summed E-state index contributed by atoms with van der Waals surface area (Å²) >= 11 is 0. The molecule has 2 unspecified atom stereocenters. The van der Waals surface area contributed by atoms with E-state index in [0.29, 0.717) is 6.04 Å². The number of piperidine rings is 1. The van der Waals surface area contributed by atoms with Crippen molar-refractivity contribution in [1.82, 2.24) is 15.3 Å². The van der Waals surface area contributed by atoms with Crippen LogP contribution in [-0.4, -0.2) is 28.6 Å². The highest BCUT2D eigenvalue weighted by molar-refractivity contribution is 5.38. The van der Waals surface area contributed by atoms with Gasteiger partial charge in [0.05, 0.1) is 11.9 Å². The molecule has 1 N–H and O–H groups in total. The minimum atomic E-state index is 0.581. The third-order valence-corrected chi connectivity index (χ3v) is 4.23. The summed E-state index contributed by atoms with van der Waals surface area (Å²) < 4.78 is 0. The number of rotatable bonds is 4. The van der Waals surface area contributed by atoms with Crippen molar-refractivity contribution in [3.63, 3.8) is 0 Å². The van der Waals surface area contributed by atoms with Crippen LogP contribution in [0.2, 0.25) is 0 Å². The highest BCUT2D eigenvalue weighted by atomic mass is 15.2. The molecule has 0 bridgehead atoms. The molecular weight excluding hydrogens is 236 g/mol. The molecule has 1 saturated heterocycles. The number of hydrogen-bond donors (Lipinski definition) is 1. The second-order valence-electron chi connectivity index (χ2n) is 6.21. The van der Waals surface area contributed by atoms with E-state index in [2.05, 4.69) is 29.0 Å². The maximum atomic E-state index is 4.78. The molecule has 2 aliphatic rings. The summed E-state index contributed by atoms with van der Waals surface area (Å²) in [5.41, 5.74) is 1.06. The fraction of sp³-hybridized carbons (Fsp3) is 0.733. The minimum absolute atomic E-state index is 0.581. The first-order valence-electron chi connectivity index (χ1n) is 7.53. The lowest BCUT2D eigenvalue weighted by Gasteiger charge is -2.37. The standard InChI is InChI=1S/C15H24N4/c1-11-3-4-12(2)19(10-11)15-9-16-7-14(18-15)8-17-13-5-6-13/h7,9,11-13,17H,3-6,8,10H2,1-2H3. The van der Waals surface area contributed by atoms with E-state index in [1.165, 1.54) is 25.7 Å². The van der Waals surface area contributed by atoms with Crippen LogP contribution in [0.5, 0.6) is 0 Å². The zero-order chi connectivity index (χ0) is 13.2. The Bertz CT molecular complexity index is 430. The predicted octanol–water partition coefficient (Wildman–Crippen LogP) is 2.35. The van der Waals surface area contributed by atoms with Gasteiger partial charge in [-0.2, -0.15) is 0 Å². The summed E-state index contributed by atoms with van der Waals surface area (Å²) in [6, 6.07) is 1.30. The SMILES string of the molecule is CC1CCC(C)N(c2cncc(CNC3CC3)n2)C1. The smallest absolute Gasteiger partial charge is 0.147 e. The molecule has 2 heterocycles. The maximum absolute atomic E-state index is 4.78. The zero-order valence-electron chi connectivity index (χ0n) is 12.0. The van der Waals surface area contributed by atoms with Gasteiger partial charge in [0.2, 0.25) is 0 Å².